The number of methoxy groups -OCH3 is 1. The molecular weight excluding hydrogens is 340 g/mol. The molecule has 0 fully saturated rings. The van der Waals surface area contributed by atoms with Gasteiger partial charge in [0.25, 0.3) is 0 Å². The van der Waals surface area contributed by atoms with Crippen molar-refractivity contribution in [1.82, 2.24) is 10.3 Å². The second kappa shape index (κ2) is 7.68. The third-order valence-electron chi connectivity index (χ3n) is 4.29. The third kappa shape index (κ3) is 3.52. The SMILES string of the molecule is COc1cc(CNCCc2c[nH]c3ccccc23)cc2c1OCO2.Cl. The first-order valence-corrected chi connectivity index (χ1v) is 8.07. The van der Waals surface area contributed by atoms with Crippen LogP contribution in [0.15, 0.2) is 42.6 Å². The van der Waals surface area contributed by atoms with Crippen LogP contribution in [-0.2, 0) is 13.0 Å². The summed E-state index contributed by atoms with van der Waals surface area (Å²) in [5.41, 5.74) is 3.64. The van der Waals surface area contributed by atoms with Gasteiger partial charge < -0.3 is 24.5 Å². The second-order valence-corrected chi connectivity index (χ2v) is 5.82. The number of para-hydroxylation sites is 1. The predicted octanol–water partition coefficient (Wildman–Crippen LogP) is 3.66. The van der Waals surface area contributed by atoms with E-state index < -0.39 is 0 Å². The van der Waals surface area contributed by atoms with Crippen LogP contribution in [0.4, 0.5) is 0 Å². The Morgan fingerprint density at radius 2 is 2.08 bits per heavy atom. The van der Waals surface area contributed by atoms with Crippen LogP contribution in [0.5, 0.6) is 17.2 Å². The average molecular weight is 361 g/mol. The van der Waals surface area contributed by atoms with E-state index in [-0.39, 0.29) is 19.2 Å². The minimum absolute atomic E-state index is 0. The third-order valence-corrected chi connectivity index (χ3v) is 4.29. The van der Waals surface area contributed by atoms with Gasteiger partial charge in [0.15, 0.2) is 11.5 Å². The molecular formula is C19H21ClN2O3. The number of ether oxygens (including phenoxy) is 3. The number of aromatic amines is 1. The van der Waals surface area contributed by atoms with E-state index in [1.807, 2.05) is 18.2 Å². The number of hydrogen-bond donors (Lipinski definition) is 2. The van der Waals surface area contributed by atoms with Gasteiger partial charge in [0.2, 0.25) is 12.5 Å². The summed E-state index contributed by atoms with van der Waals surface area (Å²) in [5, 5.41) is 4.78. The summed E-state index contributed by atoms with van der Waals surface area (Å²) >= 11 is 0. The standard InChI is InChI=1S/C19H20N2O3.ClH/c1-22-17-8-13(9-18-19(17)24-12-23-18)10-20-7-6-14-11-21-16-5-3-2-4-15(14)16;/h2-5,8-9,11,20-21H,6-7,10,12H2,1H3;1H. The Morgan fingerprint density at radius 3 is 2.96 bits per heavy atom. The maximum atomic E-state index is 5.46. The van der Waals surface area contributed by atoms with Crippen LogP contribution in [0.2, 0.25) is 0 Å². The second-order valence-electron chi connectivity index (χ2n) is 5.82. The molecule has 4 rings (SSSR count). The van der Waals surface area contributed by atoms with Crippen molar-refractivity contribution < 1.29 is 14.2 Å². The number of aromatic nitrogens is 1. The molecule has 132 valence electrons. The Labute approximate surface area is 152 Å². The molecule has 3 aromatic rings. The number of benzene rings is 2. The lowest BCUT2D eigenvalue weighted by molar-refractivity contribution is 0.171. The number of H-pyrrole nitrogens is 1. The van der Waals surface area contributed by atoms with Crippen LogP contribution >= 0.6 is 12.4 Å². The fourth-order valence-electron chi connectivity index (χ4n) is 3.08. The van der Waals surface area contributed by atoms with Crippen molar-refractivity contribution in [3.05, 3.63) is 53.7 Å². The molecule has 25 heavy (non-hydrogen) atoms. The van der Waals surface area contributed by atoms with Gasteiger partial charge >= 0.3 is 0 Å². The zero-order valence-corrected chi connectivity index (χ0v) is 14.8. The van der Waals surface area contributed by atoms with E-state index in [2.05, 4.69) is 34.7 Å². The highest BCUT2D eigenvalue weighted by molar-refractivity contribution is 5.85. The first-order valence-electron chi connectivity index (χ1n) is 8.07. The van der Waals surface area contributed by atoms with E-state index >= 15 is 0 Å². The Hall–Kier alpha value is -2.37. The van der Waals surface area contributed by atoms with E-state index in [0.29, 0.717) is 5.75 Å². The van der Waals surface area contributed by atoms with Gasteiger partial charge in [0, 0.05) is 23.6 Å². The van der Waals surface area contributed by atoms with Crippen molar-refractivity contribution in [2.45, 2.75) is 13.0 Å². The van der Waals surface area contributed by atoms with E-state index in [0.717, 1.165) is 36.6 Å². The fraction of sp³-hybridized carbons (Fsp3) is 0.263. The van der Waals surface area contributed by atoms with E-state index in [1.54, 1.807) is 7.11 Å². The number of hydrogen-bond acceptors (Lipinski definition) is 4. The highest BCUT2D eigenvalue weighted by Crippen LogP contribution is 2.41. The Bertz CT molecular complexity index is 863. The summed E-state index contributed by atoms with van der Waals surface area (Å²) in [6.07, 6.45) is 3.07. The molecule has 0 saturated carbocycles. The monoisotopic (exact) mass is 360 g/mol. The van der Waals surface area contributed by atoms with Crippen LogP contribution in [0, 0.1) is 0 Å². The molecule has 5 nitrogen and oxygen atoms in total. The van der Waals surface area contributed by atoms with Crippen molar-refractivity contribution in [2.75, 3.05) is 20.4 Å². The molecule has 2 N–H and O–H groups in total. The molecule has 0 saturated heterocycles. The van der Waals surface area contributed by atoms with Crippen molar-refractivity contribution in [3.63, 3.8) is 0 Å². The molecule has 2 heterocycles. The minimum Gasteiger partial charge on any atom is -0.493 e. The van der Waals surface area contributed by atoms with Gasteiger partial charge in [0.05, 0.1) is 7.11 Å². The van der Waals surface area contributed by atoms with Gasteiger partial charge in [-0.1, -0.05) is 18.2 Å². The van der Waals surface area contributed by atoms with Crippen LogP contribution in [0.25, 0.3) is 10.9 Å². The Balaban J connectivity index is 0.00000182. The number of rotatable bonds is 6. The average Bonchev–Trinajstić information content (AvgIpc) is 3.25. The molecule has 1 aliphatic heterocycles. The van der Waals surface area contributed by atoms with Crippen molar-refractivity contribution in [3.8, 4) is 17.2 Å². The molecule has 0 bridgehead atoms. The fourth-order valence-corrected chi connectivity index (χ4v) is 3.08. The Morgan fingerprint density at radius 1 is 1.20 bits per heavy atom. The minimum atomic E-state index is 0. The molecule has 0 spiro atoms. The summed E-state index contributed by atoms with van der Waals surface area (Å²) in [5.74, 6) is 2.17. The molecule has 6 heteroatoms. The summed E-state index contributed by atoms with van der Waals surface area (Å²) < 4.78 is 16.3. The normalized spacial score (nSPS) is 12.2. The van der Waals surface area contributed by atoms with Crippen molar-refractivity contribution in [2.24, 2.45) is 0 Å². The zero-order chi connectivity index (χ0) is 16.4. The molecule has 0 atom stereocenters. The number of halogens is 1. The maximum Gasteiger partial charge on any atom is 0.231 e. The topological polar surface area (TPSA) is 55.5 Å². The zero-order valence-electron chi connectivity index (χ0n) is 14.0. The molecule has 1 aliphatic rings. The van der Waals surface area contributed by atoms with Crippen molar-refractivity contribution >= 4 is 23.3 Å². The predicted molar refractivity (Wildman–Crippen MR) is 100 cm³/mol. The number of nitrogens with one attached hydrogen (secondary N) is 2. The van der Waals surface area contributed by atoms with Gasteiger partial charge in [-0.05, 0) is 42.3 Å². The van der Waals surface area contributed by atoms with Gasteiger partial charge in [0.1, 0.15) is 0 Å². The summed E-state index contributed by atoms with van der Waals surface area (Å²) in [7, 11) is 1.64. The van der Waals surface area contributed by atoms with Crippen molar-refractivity contribution in [1.29, 1.82) is 0 Å². The maximum absolute atomic E-state index is 5.46. The largest absolute Gasteiger partial charge is 0.493 e. The van der Waals surface area contributed by atoms with Gasteiger partial charge in [-0.25, -0.2) is 0 Å². The van der Waals surface area contributed by atoms with E-state index in [9.17, 15) is 0 Å². The number of fused-ring (bicyclic) bond motifs is 2. The smallest absolute Gasteiger partial charge is 0.231 e. The molecule has 2 aromatic carbocycles. The van der Waals surface area contributed by atoms with Crippen LogP contribution in [-0.4, -0.2) is 25.4 Å². The molecule has 1 aromatic heterocycles. The first-order chi connectivity index (χ1) is 11.8. The summed E-state index contributed by atoms with van der Waals surface area (Å²) in [6.45, 7) is 1.91. The van der Waals surface area contributed by atoms with Gasteiger partial charge in [-0.2, -0.15) is 0 Å². The lowest BCUT2D eigenvalue weighted by Crippen LogP contribution is -2.16. The molecule has 0 unspecified atom stereocenters. The van der Waals surface area contributed by atoms with Crippen LogP contribution in [0.1, 0.15) is 11.1 Å². The lowest BCUT2D eigenvalue weighted by atomic mass is 10.1. The molecule has 0 radical (unpaired) electrons. The van der Waals surface area contributed by atoms with Crippen LogP contribution < -0.4 is 19.5 Å². The van der Waals surface area contributed by atoms with E-state index in [4.69, 9.17) is 14.2 Å². The van der Waals surface area contributed by atoms with E-state index in [1.165, 1.54) is 16.5 Å². The van der Waals surface area contributed by atoms with Crippen LogP contribution in [0.3, 0.4) is 0 Å². The van der Waals surface area contributed by atoms with Gasteiger partial charge in [-0.3, -0.25) is 0 Å². The highest BCUT2D eigenvalue weighted by atomic mass is 35.5. The molecule has 0 aliphatic carbocycles. The highest BCUT2D eigenvalue weighted by Gasteiger charge is 2.19. The Kier molecular flexibility index (Phi) is 5.36. The quantitative estimate of drug-likeness (QED) is 0.659. The summed E-state index contributed by atoms with van der Waals surface area (Å²) in [6, 6.07) is 12.4. The lowest BCUT2D eigenvalue weighted by Gasteiger charge is -2.09. The van der Waals surface area contributed by atoms with Gasteiger partial charge in [-0.15, -0.1) is 12.4 Å². The molecule has 0 amide bonds. The summed E-state index contributed by atoms with van der Waals surface area (Å²) in [4.78, 5) is 3.32. The first kappa shape index (κ1) is 17.5.